The van der Waals surface area contributed by atoms with Gasteiger partial charge in [0.05, 0.1) is 36.0 Å². The average Bonchev–Trinajstić information content (AvgIpc) is 2.23. The van der Waals surface area contributed by atoms with E-state index >= 15 is 0 Å². The van der Waals surface area contributed by atoms with Gasteiger partial charge in [-0.25, -0.2) is 0 Å². The molecule has 0 unspecified atom stereocenters. The molecule has 0 atom stereocenters. The molecular formula is C11H13N3O2. The zero-order chi connectivity index (χ0) is 12.1. The lowest BCUT2D eigenvalue weighted by Gasteiger charge is -2.07. The van der Waals surface area contributed by atoms with Crippen LogP contribution in [-0.2, 0) is 16.0 Å². The maximum absolute atomic E-state index is 11.3. The van der Waals surface area contributed by atoms with Crippen molar-refractivity contribution in [1.29, 1.82) is 5.26 Å². The molecule has 0 spiro atoms. The minimum Gasteiger partial charge on any atom is -0.466 e. The monoisotopic (exact) mass is 219 g/mol. The van der Waals surface area contributed by atoms with E-state index in [9.17, 15) is 4.79 Å². The second-order valence-electron chi connectivity index (χ2n) is 3.23. The fraction of sp³-hybridized carbons (Fsp3) is 0.273. The van der Waals surface area contributed by atoms with Crippen LogP contribution in [0.3, 0.4) is 0 Å². The van der Waals surface area contributed by atoms with Crippen LogP contribution in [0.5, 0.6) is 0 Å². The van der Waals surface area contributed by atoms with E-state index in [-0.39, 0.29) is 12.4 Å². The number of hydrogen-bond acceptors (Lipinski definition) is 5. The Morgan fingerprint density at radius 1 is 1.44 bits per heavy atom. The van der Waals surface area contributed by atoms with Crippen LogP contribution in [0.2, 0.25) is 0 Å². The lowest BCUT2D eigenvalue weighted by molar-refractivity contribution is -0.142. The topological polar surface area (TPSA) is 102 Å². The molecule has 0 aliphatic heterocycles. The van der Waals surface area contributed by atoms with Crippen LogP contribution in [0, 0.1) is 11.3 Å². The van der Waals surface area contributed by atoms with Gasteiger partial charge in [0.1, 0.15) is 0 Å². The highest BCUT2D eigenvalue weighted by molar-refractivity contribution is 5.76. The molecule has 84 valence electrons. The Hall–Kier alpha value is -2.22. The highest BCUT2D eigenvalue weighted by atomic mass is 16.5. The molecule has 5 heteroatoms. The number of carbonyl (C=O) groups excluding carboxylic acids is 1. The summed E-state index contributed by atoms with van der Waals surface area (Å²) in [6.45, 7) is 2.03. The summed E-state index contributed by atoms with van der Waals surface area (Å²) < 4.78 is 4.79. The normalized spacial score (nSPS) is 9.50. The summed E-state index contributed by atoms with van der Waals surface area (Å²) in [6, 6.07) is 4.96. The third kappa shape index (κ3) is 2.64. The summed E-state index contributed by atoms with van der Waals surface area (Å²) in [4.78, 5) is 11.3. The maximum Gasteiger partial charge on any atom is 0.310 e. The molecule has 0 aliphatic rings. The van der Waals surface area contributed by atoms with Gasteiger partial charge in [0.25, 0.3) is 0 Å². The summed E-state index contributed by atoms with van der Waals surface area (Å²) in [5, 5.41) is 8.88. The van der Waals surface area contributed by atoms with Crippen molar-refractivity contribution in [2.24, 2.45) is 0 Å². The van der Waals surface area contributed by atoms with Crippen LogP contribution in [0.25, 0.3) is 0 Å². The molecule has 1 aromatic carbocycles. The largest absolute Gasteiger partial charge is 0.466 e. The second kappa shape index (κ2) is 5.03. The molecule has 0 fully saturated rings. The quantitative estimate of drug-likeness (QED) is 0.579. The summed E-state index contributed by atoms with van der Waals surface area (Å²) >= 11 is 0. The number of anilines is 2. The molecule has 5 nitrogen and oxygen atoms in total. The van der Waals surface area contributed by atoms with Crippen LogP contribution in [0.1, 0.15) is 18.1 Å². The van der Waals surface area contributed by atoms with E-state index in [1.165, 1.54) is 12.1 Å². The molecule has 0 radical (unpaired) electrons. The lowest BCUT2D eigenvalue weighted by atomic mass is 10.0. The molecule has 1 aromatic rings. The minimum atomic E-state index is -0.386. The molecule has 16 heavy (non-hydrogen) atoms. The van der Waals surface area contributed by atoms with Gasteiger partial charge in [0, 0.05) is 0 Å². The average molecular weight is 219 g/mol. The van der Waals surface area contributed by atoms with Crippen molar-refractivity contribution in [1.82, 2.24) is 0 Å². The highest BCUT2D eigenvalue weighted by Gasteiger charge is 2.11. The van der Waals surface area contributed by atoms with E-state index in [1.54, 1.807) is 6.92 Å². The number of nitrogen functional groups attached to an aromatic ring is 2. The zero-order valence-electron chi connectivity index (χ0n) is 8.99. The zero-order valence-corrected chi connectivity index (χ0v) is 8.99. The fourth-order valence-electron chi connectivity index (χ4n) is 1.30. The molecule has 0 bridgehead atoms. The first-order chi connectivity index (χ1) is 7.58. The van der Waals surface area contributed by atoms with Crippen molar-refractivity contribution in [2.75, 3.05) is 18.1 Å². The van der Waals surface area contributed by atoms with E-state index in [1.807, 2.05) is 6.07 Å². The molecule has 0 heterocycles. The van der Waals surface area contributed by atoms with E-state index in [0.29, 0.717) is 29.1 Å². The van der Waals surface area contributed by atoms with Gasteiger partial charge in [-0.2, -0.15) is 5.26 Å². The third-order valence-corrected chi connectivity index (χ3v) is 2.07. The van der Waals surface area contributed by atoms with Crippen LogP contribution in [0.4, 0.5) is 11.4 Å². The number of nitrogens with two attached hydrogens (primary N) is 2. The number of nitriles is 1. The smallest absolute Gasteiger partial charge is 0.310 e. The molecule has 0 aliphatic carbocycles. The Kier molecular flexibility index (Phi) is 3.72. The van der Waals surface area contributed by atoms with Crippen LogP contribution in [0.15, 0.2) is 12.1 Å². The van der Waals surface area contributed by atoms with Gasteiger partial charge in [0.2, 0.25) is 0 Å². The Bertz CT molecular complexity index is 449. The van der Waals surface area contributed by atoms with E-state index < -0.39 is 0 Å². The number of carbonyl (C=O) groups is 1. The van der Waals surface area contributed by atoms with Gasteiger partial charge < -0.3 is 16.2 Å². The lowest BCUT2D eigenvalue weighted by Crippen LogP contribution is -2.09. The molecule has 0 amide bonds. The van der Waals surface area contributed by atoms with Gasteiger partial charge in [-0.3, -0.25) is 4.79 Å². The number of ether oxygens (including phenoxy) is 1. The van der Waals surface area contributed by atoms with Gasteiger partial charge in [-0.1, -0.05) is 0 Å². The Balaban J connectivity index is 3.00. The molecular weight excluding hydrogens is 206 g/mol. The van der Waals surface area contributed by atoms with E-state index in [2.05, 4.69) is 0 Å². The number of benzene rings is 1. The summed E-state index contributed by atoms with van der Waals surface area (Å²) in [5.41, 5.74) is 12.7. The summed E-state index contributed by atoms with van der Waals surface area (Å²) in [5.74, 6) is -0.386. The predicted octanol–water partition coefficient (Wildman–Crippen LogP) is 0.828. The minimum absolute atomic E-state index is 0.0290. The van der Waals surface area contributed by atoms with Gasteiger partial charge >= 0.3 is 5.97 Å². The van der Waals surface area contributed by atoms with E-state index in [4.69, 9.17) is 21.5 Å². The van der Waals surface area contributed by atoms with Crippen molar-refractivity contribution in [2.45, 2.75) is 13.3 Å². The van der Waals surface area contributed by atoms with Crippen molar-refractivity contribution in [3.05, 3.63) is 23.3 Å². The van der Waals surface area contributed by atoms with Crippen LogP contribution < -0.4 is 11.5 Å². The number of nitrogens with zero attached hydrogens (tertiary/aromatic N) is 1. The van der Waals surface area contributed by atoms with Crippen molar-refractivity contribution in [3.8, 4) is 6.07 Å². The highest BCUT2D eigenvalue weighted by Crippen LogP contribution is 2.21. The molecule has 4 N–H and O–H groups in total. The first-order valence-corrected chi connectivity index (χ1v) is 4.82. The first kappa shape index (κ1) is 11.9. The van der Waals surface area contributed by atoms with Gasteiger partial charge in [-0.05, 0) is 24.6 Å². The van der Waals surface area contributed by atoms with E-state index in [0.717, 1.165) is 0 Å². The second-order valence-corrected chi connectivity index (χ2v) is 3.23. The number of hydrogen-bond donors (Lipinski definition) is 2. The third-order valence-electron chi connectivity index (χ3n) is 2.07. The Morgan fingerprint density at radius 3 is 2.62 bits per heavy atom. The molecule has 0 saturated carbocycles. The molecule has 0 aromatic heterocycles. The Morgan fingerprint density at radius 2 is 2.06 bits per heavy atom. The van der Waals surface area contributed by atoms with Gasteiger partial charge in [0.15, 0.2) is 0 Å². The predicted molar refractivity (Wildman–Crippen MR) is 60.3 cm³/mol. The SMILES string of the molecule is CCOC(=O)Cc1cc(N)c(N)cc1C#N. The summed E-state index contributed by atoms with van der Waals surface area (Å²) in [7, 11) is 0. The first-order valence-electron chi connectivity index (χ1n) is 4.82. The molecule has 0 saturated heterocycles. The Labute approximate surface area is 93.6 Å². The number of esters is 1. The van der Waals surface area contributed by atoms with Crippen LogP contribution >= 0.6 is 0 Å². The van der Waals surface area contributed by atoms with Crippen molar-refractivity contribution >= 4 is 17.3 Å². The standard InChI is InChI=1S/C11H13N3O2/c1-2-16-11(15)5-7-3-9(13)10(14)4-8(7)6-12/h3-4H,2,5,13-14H2,1H3. The van der Waals surface area contributed by atoms with Crippen LogP contribution in [-0.4, -0.2) is 12.6 Å². The van der Waals surface area contributed by atoms with Crippen molar-refractivity contribution < 1.29 is 9.53 Å². The fourth-order valence-corrected chi connectivity index (χ4v) is 1.30. The van der Waals surface area contributed by atoms with Crippen molar-refractivity contribution in [3.63, 3.8) is 0 Å². The number of rotatable bonds is 3. The van der Waals surface area contributed by atoms with Gasteiger partial charge in [-0.15, -0.1) is 0 Å². The molecule has 1 rings (SSSR count). The summed E-state index contributed by atoms with van der Waals surface area (Å²) in [6.07, 6.45) is 0.0290. The maximum atomic E-state index is 11.3.